The zero-order valence-corrected chi connectivity index (χ0v) is 24.6. The summed E-state index contributed by atoms with van der Waals surface area (Å²) < 4.78 is 5.67. The Morgan fingerprint density at radius 1 is 0.537 bits per heavy atom. The Hall–Kier alpha value is -4.30. The van der Waals surface area contributed by atoms with Crippen molar-refractivity contribution in [1.82, 2.24) is 0 Å². The van der Waals surface area contributed by atoms with Crippen molar-refractivity contribution in [3.63, 3.8) is 0 Å². The van der Waals surface area contributed by atoms with Gasteiger partial charge in [0.2, 0.25) is 0 Å². The monoisotopic (exact) mass is 539 g/mol. The lowest BCUT2D eigenvalue weighted by Gasteiger charge is -2.30. The van der Waals surface area contributed by atoms with Gasteiger partial charge in [-0.15, -0.1) is 0 Å². The van der Waals surface area contributed by atoms with E-state index in [0.717, 1.165) is 35.7 Å². The van der Waals surface area contributed by atoms with E-state index in [1.54, 1.807) is 7.11 Å². The molecule has 0 fully saturated rings. The van der Waals surface area contributed by atoms with Crippen molar-refractivity contribution in [1.29, 1.82) is 0 Å². The minimum atomic E-state index is 0.836. The lowest BCUT2D eigenvalue weighted by molar-refractivity contribution is 0.415. The molecule has 0 aromatic heterocycles. The fourth-order valence-electron chi connectivity index (χ4n) is 5.45. The third-order valence-corrected chi connectivity index (χ3v) is 7.77. The van der Waals surface area contributed by atoms with Gasteiger partial charge in [0.15, 0.2) is 0 Å². The van der Waals surface area contributed by atoms with E-state index in [0.29, 0.717) is 0 Å². The zero-order chi connectivity index (χ0) is 28.4. The number of rotatable bonds is 12. The molecule has 0 unspecified atom stereocenters. The van der Waals surface area contributed by atoms with Crippen LogP contribution >= 0.6 is 0 Å². The second kappa shape index (κ2) is 13.9. The summed E-state index contributed by atoms with van der Waals surface area (Å²) in [6, 6.07) is 44.0. The summed E-state index contributed by atoms with van der Waals surface area (Å²) in [7, 11) is 1.73. The molecule has 0 bridgehead atoms. The van der Waals surface area contributed by atoms with Gasteiger partial charge in [0.05, 0.1) is 18.5 Å². The Morgan fingerprint density at radius 3 is 1.49 bits per heavy atom. The van der Waals surface area contributed by atoms with Gasteiger partial charge in [-0.25, -0.2) is 0 Å². The highest BCUT2D eigenvalue weighted by Crippen LogP contribution is 2.45. The fourth-order valence-corrected chi connectivity index (χ4v) is 5.45. The molecule has 0 radical (unpaired) electrons. The van der Waals surface area contributed by atoms with Crippen LogP contribution in [0.1, 0.15) is 50.7 Å². The van der Waals surface area contributed by atoms with Crippen molar-refractivity contribution >= 4 is 17.1 Å². The number of para-hydroxylation sites is 2. The Balaban J connectivity index is 1.64. The molecule has 0 spiro atoms. The van der Waals surface area contributed by atoms with Crippen LogP contribution in [0.15, 0.2) is 121 Å². The largest absolute Gasteiger partial charge is 0.497 e. The molecule has 0 saturated carbocycles. The van der Waals surface area contributed by atoms with E-state index in [9.17, 15) is 0 Å². The molecule has 0 amide bonds. The molecule has 5 aromatic carbocycles. The van der Waals surface area contributed by atoms with Gasteiger partial charge in [-0.2, -0.15) is 0 Å². The molecule has 41 heavy (non-hydrogen) atoms. The average molecular weight is 540 g/mol. The summed E-state index contributed by atoms with van der Waals surface area (Å²) in [5.74, 6) is 0.836. The Kier molecular flexibility index (Phi) is 9.54. The van der Waals surface area contributed by atoms with Crippen LogP contribution in [0.4, 0.5) is 17.1 Å². The van der Waals surface area contributed by atoms with Gasteiger partial charge in [-0.05, 0) is 72.2 Å². The predicted molar refractivity (Wildman–Crippen MR) is 176 cm³/mol. The first-order chi connectivity index (χ1) is 20.2. The van der Waals surface area contributed by atoms with Crippen molar-refractivity contribution in [2.45, 2.75) is 52.4 Å². The smallest absolute Gasteiger partial charge is 0.120 e. The predicted octanol–water partition coefficient (Wildman–Crippen LogP) is 11.2. The van der Waals surface area contributed by atoms with E-state index in [1.807, 2.05) is 6.07 Å². The minimum Gasteiger partial charge on any atom is -0.497 e. The van der Waals surface area contributed by atoms with E-state index >= 15 is 0 Å². The van der Waals surface area contributed by atoms with Crippen LogP contribution in [0, 0.1) is 0 Å². The summed E-state index contributed by atoms with van der Waals surface area (Å²) in [6.45, 7) is 4.49. The first-order valence-electron chi connectivity index (χ1n) is 15.0. The van der Waals surface area contributed by atoms with E-state index < -0.39 is 0 Å². The third kappa shape index (κ3) is 6.72. The highest BCUT2D eigenvalue weighted by molar-refractivity contribution is 5.93. The maximum atomic E-state index is 5.67. The molecule has 0 atom stereocenters. The molecule has 0 N–H and O–H groups in total. The number of nitrogens with zero attached hydrogens (tertiary/aromatic N) is 1. The number of ether oxygens (including phenoxy) is 1. The molecule has 0 aliphatic carbocycles. The number of unbranched alkanes of at least 4 members (excludes halogenated alkanes) is 2. The Morgan fingerprint density at radius 2 is 1.02 bits per heavy atom. The number of hydrogen-bond acceptors (Lipinski definition) is 2. The van der Waals surface area contributed by atoms with Gasteiger partial charge < -0.3 is 9.64 Å². The van der Waals surface area contributed by atoms with Gasteiger partial charge in [-0.1, -0.05) is 118 Å². The molecule has 0 aliphatic heterocycles. The van der Waals surface area contributed by atoms with Crippen molar-refractivity contribution in [2.75, 3.05) is 12.0 Å². The van der Waals surface area contributed by atoms with Crippen LogP contribution in [-0.4, -0.2) is 7.11 Å². The van der Waals surface area contributed by atoms with Gasteiger partial charge in [-0.3, -0.25) is 0 Å². The van der Waals surface area contributed by atoms with Crippen LogP contribution in [0.5, 0.6) is 5.75 Å². The molecule has 208 valence electrons. The van der Waals surface area contributed by atoms with E-state index in [4.69, 9.17) is 4.74 Å². The molecule has 5 rings (SSSR count). The van der Waals surface area contributed by atoms with Crippen molar-refractivity contribution < 1.29 is 4.74 Å². The molecule has 0 heterocycles. The number of anilines is 3. The summed E-state index contributed by atoms with van der Waals surface area (Å²) in [4.78, 5) is 2.38. The number of methoxy groups -OCH3 is 1. The van der Waals surface area contributed by atoms with E-state index in [1.165, 1.54) is 59.1 Å². The second-order valence-electron chi connectivity index (χ2n) is 10.7. The van der Waals surface area contributed by atoms with Crippen molar-refractivity contribution in [3.05, 3.63) is 132 Å². The molecule has 2 nitrogen and oxygen atoms in total. The topological polar surface area (TPSA) is 12.5 Å². The summed E-state index contributed by atoms with van der Waals surface area (Å²) in [6.07, 6.45) is 7.10. The molecule has 0 aliphatic rings. The van der Waals surface area contributed by atoms with Gasteiger partial charge >= 0.3 is 0 Å². The maximum Gasteiger partial charge on any atom is 0.120 e. The molecule has 5 aromatic rings. The number of aryl methyl sites for hydroxylation is 2. The van der Waals surface area contributed by atoms with Gasteiger partial charge in [0.1, 0.15) is 5.75 Å². The minimum absolute atomic E-state index is 0.836. The van der Waals surface area contributed by atoms with Crippen LogP contribution in [0.2, 0.25) is 0 Å². The Bertz CT molecular complexity index is 1440. The molecular weight excluding hydrogens is 498 g/mol. The summed E-state index contributed by atoms with van der Waals surface area (Å²) >= 11 is 0. The average Bonchev–Trinajstić information content (AvgIpc) is 3.04. The highest BCUT2D eigenvalue weighted by atomic mass is 16.5. The standard InChI is InChI=1S/C39H41NO/c1-4-6-13-30-21-25-32(26-22-30)36-17-8-10-19-38(36)40(34-15-12-16-35(29-34)41-3)39-20-11-9-18-37(39)33-27-23-31(24-28-33)14-7-5-2/h8-12,15-29H,4-7,13-14H2,1-3H3. The lowest BCUT2D eigenvalue weighted by atomic mass is 9.97. The van der Waals surface area contributed by atoms with Crippen LogP contribution in [0.3, 0.4) is 0 Å². The Labute approximate surface area is 246 Å². The first kappa shape index (κ1) is 28.2. The van der Waals surface area contributed by atoms with E-state index in [2.05, 4.69) is 134 Å². The van der Waals surface area contributed by atoms with Crippen LogP contribution < -0.4 is 9.64 Å². The van der Waals surface area contributed by atoms with Gasteiger partial charge in [0, 0.05) is 22.9 Å². The second-order valence-corrected chi connectivity index (χ2v) is 10.7. The zero-order valence-electron chi connectivity index (χ0n) is 24.6. The first-order valence-corrected chi connectivity index (χ1v) is 15.0. The highest BCUT2D eigenvalue weighted by Gasteiger charge is 2.20. The van der Waals surface area contributed by atoms with Crippen LogP contribution in [0.25, 0.3) is 22.3 Å². The SMILES string of the molecule is CCCCc1ccc(-c2ccccc2N(c2cccc(OC)c2)c2ccccc2-c2ccc(CCCC)cc2)cc1. The number of hydrogen-bond donors (Lipinski definition) is 0. The van der Waals surface area contributed by atoms with Crippen molar-refractivity contribution in [2.24, 2.45) is 0 Å². The van der Waals surface area contributed by atoms with E-state index in [-0.39, 0.29) is 0 Å². The summed E-state index contributed by atoms with van der Waals surface area (Å²) in [5.41, 5.74) is 10.9. The fraction of sp³-hybridized carbons (Fsp3) is 0.231. The summed E-state index contributed by atoms with van der Waals surface area (Å²) in [5, 5.41) is 0. The normalized spacial score (nSPS) is 10.9. The van der Waals surface area contributed by atoms with Crippen LogP contribution in [-0.2, 0) is 12.8 Å². The lowest BCUT2D eigenvalue weighted by Crippen LogP contribution is -2.12. The maximum absolute atomic E-state index is 5.67. The molecular formula is C39H41NO. The number of benzene rings is 5. The van der Waals surface area contributed by atoms with Gasteiger partial charge in [0.25, 0.3) is 0 Å². The molecule has 0 saturated heterocycles. The quantitative estimate of drug-likeness (QED) is 0.156. The molecule has 2 heteroatoms. The van der Waals surface area contributed by atoms with Crippen molar-refractivity contribution in [3.8, 4) is 28.0 Å². The third-order valence-electron chi connectivity index (χ3n) is 7.77.